The number of sulfonamides is 1. The molecule has 1 fully saturated rings. The normalized spacial score (nSPS) is 20.2. The van der Waals surface area contributed by atoms with Crippen molar-refractivity contribution in [3.8, 4) is 0 Å². The van der Waals surface area contributed by atoms with Crippen LogP contribution in [0.2, 0.25) is 0 Å². The van der Waals surface area contributed by atoms with E-state index in [4.69, 9.17) is 0 Å². The van der Waals surface area contributed by atoms with Gasteiger partial charge in [0.05, 0.1) is 22.9 Å². The standard InChI is InChI=1S/C15H22N2O5S2/c1-3-17(24(21,22)14-6-4-12(2)5-7-14)10-15(18)16-13-8-9-23(19,20)11-13/h4-7,13H,3,8-11H2,1-2H3,(H,16,18)/t13-/m0/s1. The molecule has 1 aliphatic rings. The van der Waals surface area contributed by atoms with Crippen molar-refractivity contribution in [2.75, 3.05) is 24.6 Å². The molecule has 1 saturated heterocycles. The third kappa shape index (κ3) is 4.55. The maximum Gasteiger partial charge on any atom is 0.243 e. The second-order valence-electron chi connectivity index (χ2n) is 5.91. The van der Waals surface area contributed by atoms with Gasteiger partial charge in [0.15, 0.2) is 9.84 Å². The van der Waals surface area contributed by atoms with Crippen molar-refractivity contribution >= 4 is 25.8 Å². The van der Waals surface area contributed by atoms with Crippen LogP contribution in [0, 0.1) is 6.92 Å². The molecule has 1 aromatic carbocycles. The molecule has 0 radical (unpaired) electrons. The lowest BCUT2D eigenvalue weighted by Gasteiger charge is -2.21. The van der Waals surface area contributed by atoms with Gasteiger partial charge in [0, 0.05) is 12.6 Å². The third-order valence-electron chi connectivity index (χ3n) is 3.93. The van der Waals surface area contributed by atoms with Crippen LogP contribution in [-0.4, -0.2) is 57.7 Å². The predicted octanol–water partition coefficient (Wildman–Crippen LogP) is 0.309. The molecular weight excluding hydrogens is 352 g/mol. The van der Waals surface area contributed by atoms with E-state index in [2.05, 4.69) is 5.32 Å². The Balaban J connectivity index is 2.05. The van der Waals surface area contributed by atoms with Crippen LogP contribution < -0.4 is 5.32 Å². The Labute approximate surface area is 143 Å². The fraction of sp³-hybridized carbons (Fsp3) is 0.533. The summed E-state index contributed by atoms with van der Waals surface area (Å²) in [6, 6.07) is 5.97. The number of carbonyl (C=O) groups excluding carboxylic acids is 1. The maximum absolute atomic E-state index is 12.6. The minimum atomic E-state index is -3.77. The smallest absolute Gasteiger partial charge is 0.243 e. The molecule has 0 bridgehead atoms. The third-order valence-corrected chi connectivity index (χ3v) is 7.63. The van der Waals surface area contributed by atoms with Gasteiger partial charge in [0.1, 0.15) is 0 Å². The number of hydrogen-bond acceptors (Lipinski definition) is 5. The number of sulfone groups is 1. The van der Waals surface area contributed by atoms with Crippen molar-refractivity contribution < 1.29 is 21.6 Å². The Morgan fingerprint density at radius 2 is 1.92 bits per heavy atom. The number of amides is 1. The number of benzene rings is 1. The van der Waals surface area contributed by atoms with Gasteiger partial charge in [-0.15, -0.1) is 0 Å². The monoisotopic (exact) mass is 374 g/mol. The molecule has 1 atom stereocenters. The van der Waals surface area contributed by atoms with Gasteiger partial charge in [0.2, 0.25) is 15.9 Å². The highest BCUT2D eigenvalue weighted by molar-refractivity contribution is 7.91. The molecule has 2 rings (SSSR count). The Bertz CT molecular complexity index is 801. The summed E-state index contributed by atoms with van der Waals surface area (Å²) >= 11 is 0. The average Bonchev–Trinajstić information content (AvgIpc) is 2.83. The van der Waals surface area contributed by atoms with Crippen molar-refractivity contribution in [1.82, 2.24) is 9.62 Å². The van der Waals surface area contributed by atoms with Gasteiger partial charge in [-0.2, -0.15) is 4.31 Å². The molecule has 0 saturated carbocycles. The fourth-order valence-corrected chi connectivity index (χ4v) is 5.65. The van der Waals surface area contributed by atoms with E-state index in [9.17, 15) is 21.6 Å². The van der Waals surface area contributed by atoms with E-state index >= 15 is 0 Å². The van der Waals surface area contributed by atoms with Gasteiger partial charge in [-0.25, -0.2) is 16.8 Å². The van der Waals surface area contributed by atoms with Crippen LogP contribution in [0.4, 0.5) is 0 Å². The van der Waals surface area contributed by atoms with E-state index in [0.29, 0.717) is 6.42 Å². The number of aryl methyl sites for hydroxylation is 1. The summed E-state index contributed by atoms with van der Waals surface area (Å²) in [5.41, 5.74) is 0.942. The van der Waals surface area contributed by atoms with Crippen LogP contribution in [0.3, 0.4) is 0 Å². The van der Waals surface area contributed by atoms with E-state index in [-0.39, 0.29) is 29.5 Å². The van der Waals surface area contributed by atoms with Crippen molar-refractivity contribution in [3.63, 3.8) is 0 Å². The summed E-state index contributed by atoms with van der Waals surface area (Å²) in [6.45, 7) is 3.33. The zero-order valence-corrected chi connectivity index (χ0v) is 15.4. The molecule has 24 heavy (non-hydrogen) atoms. The molecule has 7 nitrogen and oxygen atoms in total. The Kier molecular flexibility index (Phi) is 5.67. The number of likely N-dealkylation sites (N-methyl/N-ethyl adjacent to an activating group) is 1. The second-order valence-corrected chi connectivity index (χ2v) is 10.1. The van der Waals surface area contributed by atoms with Crippen molar-refractivity contribution in [2.24, 2.45) is 0 Å². The first-order valence-electron chi connectivity index (χ1n) is 7.70. The van der Waals surface area contributed by atoms with Gasteiger partial charge >= 0.3 is 0 Å². The van der Waals surface area contributed by atoms with Gasteiger partial charge < -0.3 is 5.32 Å². The molecule has 0 aliphatic carbocycles. The molecule has 1 amide bonds. The van der Waals surface area contributed by atoms with Crippen LogP contribution in [0.1, 0.15) is 18.9 Å². The molecule has 0 aromatic heterocycles. The first kappa shape index (κ1) is 18.9. The SMILES string of the molecule is CCN(CC(=O)N[C@H]1CCS(=O)(=O)C1)S(=O)(=O)c1ccc(C)cc1. The summed E-state index contributed by atoms with van der Waals surface area (Å²) in [7, 11) is -6.86. The van der Waals surface area contributed by atoms with E-state index in [0.717, 1.165) is 9.87 Å². The Morgan fingerprint density at radius 3 is 2.42 bits per heavy atom. The van der Waals surface area contributed by atoms with Crippen LogP contribution in [0.15, 0.2) is 29.2 Å². The Hall–Kier alpha value is -1.45. The molecular formula is C15H22N2O5S2. The number of carbonyl (C=O) groups is 1. The predicted molar refractivity (Wildman–Crippen MR) is 90.8 cm³/mol. The molecule has 1 aromatic rings. The van der Waals surface area contributed by atoms with Gasteiger partial charge in [-0.3, -0.25) is 4.79 Å². The molecule has 9 heteroatoms. The minimum Gasteiger partial charge on any atom is -0.351 e. The molecule has 0 spiro atoms. The number of nitrogens with one attached hydrogen (secondary N) is 1. The maximum atomic E-state index is 12.6. The lowest BCUT2D eigenvalue weighted by atomic mass is 10.2. The van der Waals surface area contributed by atoms with Crippen molar-refractivity contribution in [3.05, 3.63) is 29.8 Å². The van der Waals surface area contributed by atoms with Gasteiger partial charge in [-0.05, 0) is 25.5 Å². The lowest BCUT2D eigenvalue weighted by molar-refractivity contribution is -0.121. The highest BCUT2D eigenvalue weighted by Gasteiger charge is 2.30. The minimum absolute atomic E-state index is 0.0527. The fourth-order valence-electron chi connectivity index (χ4n) is 2.57. The summed E-state index contributed by atoms with van der Waals surface area (Å²) in [4.78, 5) is 12.2. The quantitative estimate of drug-likeness (QED) is 0.772. The zero-order chi connectivity index (χ0) is 18.0. The van der Waals surface area contributed by atoms with E-state index in [1.165, 1.54) is 12.1 Å². The first-order chi connectivity index (χ1) is 11.1. The van der Waals surface area contributed by atoms with Crippen LogP contribution in [0.25, 0.3) is 0 Å². The largest absolute Gasteiger partial charge is 0.351 e. The Morgan fingerprint density at radius 1 is 1.29 bits per heavy atom. The highest BCUT2D eigenvalue weighted by Crippen LogP contribution is 2.16. The first-order valence-corrected chi connectivity index (χ1v) is 11.0. The molecule has 1 aliphatic heterocycles. The van der Waals surface area contributed by atoms with Gasteiger partial charge in [-0.1, -0.05) is 24.6 Å². The van der Waals surface area contributed by atoms with Crippen LogP contribution in [0.5, 0.6) is 0 Å². The molecule has 0 unspecified atom stereocenters. The number of hydrogen-bond donors (Lipinski definition) is 1. The number of rotatable bonds is 6. The van der Waals surface area contributed by atoms with Crippen molar-refractivity contribution in [2.45, 2.75) is 31.2 Å². The summed E-state index contributed by atoms with van der Waals surface area (Å²) < 4.78 is 49.1. The summed E-state index contributed by atoms with van der Waals surface area (Å²) in [5.74, 6) is -0.526. The molecule has 134 valence electrons. The van der Waals surface area contributed by atoms with Crippen LogP contribution in [-0.2, 0) is 24.7 Å². The van der Waals surface area contributed by atoms with Gasteiger partial charge in [0.25, 0.3) is 0 Å². The van der Waals surface area contributed by atoms with E-state index in [1.54, 1.807) is 19.1 Å². The summed E-state index contributed by atoms with van der Waals surface area (Å²) in [5, 5.41) is 2.61. The lowest BCUT2D eigenvalue weighted by Crippen LogP contribution is -2.44. The molecule has 1 N–H and O–H groups in total. The number of nitrogens with zero attached hydrogens (tertiary/aromatic N) is 1. The summed E-state index contributed by atoms with van der Waals surface area (Å²) in [6.07, 6.45) is 0.366. The molecule has 1 heterocycles. The van der Waals surface area contributed by atoms with Crippen molar-refractivity contribution in [1.29, 1.82) is 0 Å². The topological polar surface area (TPSA) is 101 Å². The highest BCUT2D eigenvalue weighted by atomic mass is 32.2. The second kappa shape index (κ2) is 7.20. The van der Waals surface area contributed by atoms with Crippen LogP contribution >= 0.6 is 0 Å². The zero-order valence-electron chi connectivity index (χ0n) is 13.7. The average molecular weight is 374 g/mol. The van der Waals surface area contributed by atoms with E-state index < -0.39 is 31.8 Å². The van der Waals surface area contributed by atoms with E-state index in [1.807, 2.05) is 6.92 Å².